The second kappa shape index (κ2) is 9.93. The molecule has 2 amide bonds. The maximum absolute atomic E-state index is 12.3. The van der Waals surface area contributed by atoms with E-state index < -0.39 is 0 Å². The lowest BCUT2D eigenvalue weighted by Crippen LogP contribution is -2.31. The first-order chi connectivity index (χ1) is 13.3. The molecule has 0 saturated carbocycles. The zero-order chi connectivity index (χ0) is 20.7. The summed E-state index contributed by atoms with van der Waals surface area (Å²) in [5.74, 6) is 0.883. The van der Waals surface area contributed by atoms with Crippen molar-refractivity contribution in [3.8, 4) is 5.75 Å². The standard InChI is InChI=1S/C23H30N2O3/c1-6-22(26)25-19-10-8-18(9-11-19)17(5)24-23(27)14-28-21-13-16(4)7-12-20(21)15(2)3/h7-13,15,17H,6,14H2,1-5H3,(H,24,27)(H,25,26). The molecule has 0 spiro atoms. The first kappa shape index (κ1) is 21.5. The molecule has 0 heterocycles. The van der Waals surface area contributed by atoms with Crippen LogP contribution in [0, 0.1) is 6.92 Å². The molecular formula is C23H30N2O3. The second-order valence-corrected chi connectivity index (χ2v) is 7.30. The van der Waals surface area contributed by atoms with Crippen LogP contribution in [-0.2, 0) is 9.59 Å². The van der Waals surface area contributed by atoms with Crippen molar-refractivity contribution >= 4 is 17.5 Å². The first-order valence-corrected chi connectivity index (χ1v) is 9.72. The highest BCUT2D eigenvalue weighted by atomic mass is 16.5. The Morgan fingerprint density at radius 2 is 1.68 bits per heavy atom. The Bertz CT molecular complexity index is 813. The molecule has 0 radical (unpaired) electrons. The summed E-state index contributed by atoms with van der Waals surface area (Å²) in [7, 11) is 0. The third-order valence-corrected chi connectivity index (χ3v) is 4.54. The predicted molar refractivity (Wildman–Crippen MR) is 113 cm³/mol. The molecule has 0 aliphatic heterocycles. The summed E-state index contributed by atoms with van der Waals surface area (Å²) in [6.45, 7) is 9.91. The summed E-state index contributed by atoms with van der Waals surface area (Å²) in [6.07, 6.45) is 0.438. The van der Waals surface area contributed by atoms with Gasteiger partial charge < -0.3 is 15.4 Å². The molecule has 2 rings (SSSR count). The van der Waals surface area contributed by atoms with Gasteiger partial charge in [-0.25, -0.2) is 0 Å². The number of hydrogen-bond donors (Lipinski definition) is 2. The average Bonchev–Trinajstić information content (AvgIpc) is 2.66. The van der Waals surface area contributed by atoms with Crippen molar-refractivity contribution in [2.45, 2.75) is 53.0 Å². The van der Waals surface area contributed by atoms with Crippen LogP contribution in [0.1, 0.15) is 62.8 Å². The molecule has 28 heavy (non-hydrogen) atoms. The fourth-order valence-corrected chi connectivity index (χ4v) is 2.86. The van der Waals surface area contributed by atoms with E-state index in [0.29, 0.717) is 12.3 Å². The minimum atomic E-state index is -0.174. The zero-order valence-electron chi connectivity index (χ0n) is 17.3. The molecule has 1 atom stereocenters. The highest BCUT2D eigenvalue weighted by Gasteiger charge is 2.13. The monoisotopic (exact) mass is 382 g/mol. The van der Waals surface area contributed by atoms with Crippen molar-refractivity contribution in [1.29, 1.82) is 0 Å². The van der Waals surface area contributed by atoms with Gasteiger partial charge in [0.2, 0.25) is 5.91 Å². The molecule has 1 unspecified atom stereocenters. The minimum Gasteiger partial charge on any atom is -0.483 e. The van der Waals surface area contributed by atoms with E-state index in [1.807, 2.05) is 51.1 Å². The lowest BCUT2D eigenvalue weighted by atomic mass is 10.0. The summed E-state index contributed by atoms with van der Waals surface area (Å²) in [4.78, 5) is 23.8. The number of carbonyl (C=O) groups excluding carboxylic acids is 2. The predicted octanol–water partition coefficient (Wildman–Crippen LogP) is 4.72. The number of aryl methyl sites for hydroxylation is 1. The van der Waals surface area contributed by atoms with Gasteiger partial charge in [0.1, 0.15) is 5.75 Å². The van der Waals surface area contributed by atoms with Gasteiger partial charge in [-0.05, 0) is 54.7 Å². The number of hydrogen-bond acceptors (Lipinski definition) is 3. The molecule has 2 aromatic rings. The molecule has 5 heteroatoms. The zero-order valence-corrected chi connectivity index (χ0v) is 17.3. The van der Waals surface area contributed by atoms with E-state index in [1.165, 1.54) is 0 Å². The van der Waals surface area contributed by atoms with E-state index in [1.54, 1.807) is 0 Å². The Kier molecular flexibility index (Phi) is 7.61. The van der Waals surface area contributed by atoms with Crippen LogP contribution in [-0.4, -0.2) is 18.4 Å². The highest BCUT2D eigenvalue weighted by Crippen LogP contribution is 2.27. The molecule has 0 aromatic heterocycles. The molecule has 0 bridgehead atoms. The van der Waals surface area contributed by atoms with Crippen LogP contribution < -0.4 is 15.4 Å². The van der Waals surface area contributed by atoms with Crippen molar-refractivity contribution in [1.82, 2.24) is 5.32 Å². The van der Waals surface area contributed by atoms with Gasteiger partial charge in [-0.2, -0.15) is 0 Å². The van der Waals surface area contributed by atoms with E-state index in [2.05, 4.69) is 36.6 Å². The van der Waals surface area contributed by atoms with Gasteiger partial charge in [0, 0.05) is 12.1 Å². The minimum absolute atomic E-state index is 0.0248. The Morgan fingerprint density at radius 3 is 2.29 bits per heavy atom. The third-order valence-electron chi connectivity index (χ3n) is 4.54. The molecule has 0 saturated heterocycles. The van der Waals surface area contributed by atoms with Crippen LogP contribution >= 0.6 is 0 Å². The van der Waals surface area contributed by atoms with Gasteiger partial charge in [-0.1, -0.05) is 45.0 Å². The molecule has 2 aromatic carbocycles. The fraction of sp³-hybridized carbons (Fsp3) is 0.391. The van der Waals surface area contributed by atoms with Crippen LogP contribution in [0.5, 0.6) is 5.75 Å². The van der Waals surface area contributed by atoms with Gasteiger partial charge in [-0.3, -0.25) is 9.59 Å². The number of carbonyl (C=O) groups is 2. The quantitative estimate of drug-likeness (QED) is 0.694. The van der Waals surface area contributed by atoms with E-state index in [-0.39, 0.29) is 24.5 Å². The largest absolute Gasteiger partial charge is 0.483 e. The molecule has 0 aliphatic rings. The lowest BCUT2D eigenvalue weighted by molar-refractivity contribution is -0.123. The number of amides is 2. The van der Waals surface area contributed by atoms with Crippen molar-refractivity contribution in [3.05, 3.63) is 59.2 Å². The lowest BCUT2D eigenvalue weighted by Gasteiger charge is -2.17. The molecule has 5 nitrogen and oxygen atoms in total. The number of nitrogens with one attached hydrogen (secondary N) is 2. The molecule has 2 N–H and O–H groups in total. The van der Waals surface area contributed by atoms with Crippen LogP contribution in [0.3, 0.4) is 0 Å². The Morgan fingerprint density at radius 1 is 1.00 bits per heavy atom. The smallest absolute Gasteiger partial charge is 0.258 e. The van der Waals surface area contributed by atoms with Crippen LogP contribution in [0.2, 0.25) is 0 Å². The SMILES string of the molecule is CCC(=O)Nc1ccc(C(C)NC(=O)COc2cc(C)ccc2C(C)C)cc1. The van der Waals surface area contributed by atoms with E-state index in [0.717, 1.165) is 28.1 Å². The van der Waals surface area contributed by atoms with E-state index >= 15 is 0 Å². The van der Waals surface area contributed by atoms with Crippen molar-refractivity contribution in [2.24, 2.45) is 0 Å². The summed E-state index contributed by atoms with van der Waals surface area (Å²) in [5, 5.41) is 5.76. The van der Waals surface area contributed by atoms with Gasteiger partial charge in [0.25, 0.3) is 5.91 Å². The Labute approximate surface area is 167 Å². The summed E-state index contributed by atoms with van der Waals surface area (Å²) in [5.41, 5.74) is 3.90. The normalized spacial score (nSPS) is 11.8. The molecular weight excluding hydrogens is 352 g/mol. The van der Waals surface area contributed by atoms with Gasteiger partial charge in [0.15, 0.2) is 6.61 Å². The maximum atomic E-state index is 12.3. The summed E-state index contributed by atoms with van der Waals surface area (Å²) in [6, 6.07) is 13.4. The Hall–Kier alpha value is -2.82. The summed E-state index contributed by atoms with van der Waals surface area (Å²) < 4.78 is 5.79. The average molecular weight is 383 g/mol. The molecule has 0 aliphatic carbocycles. The second-order valence-electron chi connectivity index (χ2n) is 7.30. The maximum Gasteiger partial charge on any atom is 0.258 e. The van der Waals surface area contributed by atoms with Gasteiger partial charge >= 0.3 is 0 Å². The van der Waals surface area contributed by atoms with Crippen molar-refractivity contribution < 1.29 is 14.3 Å². The molecule has 0 fully saturated rings. The van der Waals surface area contributed by atoms with Gasteiger partial charge in [0.05, 0.1) is 6.04 Å². The first-order valence-electron chi connectivity index (χ1n) is 9.72. The van der Waals surface area contributed by atoms with E-state index in [4.69, 9.17) is 4.74 Å². The number of rotatable bonds is 8. The summed E-state index contributed by atoms with van der Waals surface area (Å²) >= 11 is 0. The topological polar surface area (TPSA) is 67.4 Å². The van der Waals surface area contributed by atoms with Crippen LogP contribution in [0.25, 0.3) is 0 Å². The number of ether oxygens (including phenoxy) is 1. The molecule has 150 valence electrons. The number of anilines is 1. The van der Waals surface area contributed by atoms with Gasteiger partial charge in [-0.15, -0.1) is 0 Å². The number of benzene rings is 2. The fourth-order valence-electron chi connectivity index (χ4n) is 2.86. The highest BCUT2D eigenvalue weighted by molar-refractivity contribution is 5.90. The third kappa shape index (κ3) is 6.12. The van der Waals surface area contributed by atoms with Crippen molar-refractivity contribution in [3.63, 3.8) is 0 Å². The van der Waals surface area contributed by atoms with E-state index in [9.17, 15) is 9.59 Å². The van der Waals surface area contributed by atoms with Crippen LogP contribution in [0.15, 0.2) is 42.5 Å². The van der Waals surface area contributed by atoms with Crippen LogP contribution in [0.4, 0.5) is 5.69 Å². The Balaban J connectivity index is 1.92. The van der Waals surface area contributed by atoms with Crippen molar-refractivity contribution in [2.75, 3.05) is 11.9 Å².